The average Bonchev–Trinajstić information content (AvgIpc) is 1.24. The van der Waals surface area contributed by atoms with Crippen LogP contribution in [0.4, 0.5) is 16.2 Å². The van der Waals surface area contributed by atoms with Gasteiger partial charge in [0.05, 0.1) is 69.1 Å². The van der Waals surface area contributed by atoms with Gasteiger partial charge >= 0.3 is 6.03 Å². The lowest BCUT2D eigenvalue weighted by Crippen LogP contribution is -2.59. The Balaban J connectivity index is 1.14. The van der Waals surface area contributed by atoms with Gasteiger partial charge in [-0.2, -0.15) is 0 Å². The van der Waals surface area contributed by atoms with Crippen molar-refractivity contribution in [1.82, 2.24) is 51.6 Å². The van der Waals surface area contributed by atoms with Gasteiger partial charge in [-0.15, -0.1) is 0 Å². The lowest BCUT2D eigenvalue weighted by molar-refractivity contribution is -0.148. The van der Waals surface area contributed by atoms with Gasteiger partial charge in [-0.05, 0) is 110 Å². The quantitative estimate of drug-likeness (QED) is 0.0278. The number of methoxy groups -OCH3 is 2. The first-order valence-electron chi connectivity index (χ1n) is 36.6. The Bertz CT molecular complexity index is 3690. The summed E-state index contributed by atoms with van der Waals surface area (Å²) in [4.78, 5) is 146. The SMILES string of the molecule is CC[C@H](C)[C@@H]([C@@H](CC(=O)N1CCC[C@H]1[C@H](OC)[C@@H](C)C(=O)N[C@@H](Cc1ccccc1)C(=O)NCc1ccc(NC(=O)[C@H](CCCNC(N)=O)NC(=O)[C@@H](NC(=O)COCCOCCOCC(=O)Nc2ccc3ccnc(S(C)(=O)=O)c3c2)C(C)C)cc1)OC)N(C)C(=O)[C@@H](NC(=O)[C@H](C(C)C)N(C)C)C(C)C. The number of ether oxygens (including phenoxy) is 5. The normalized spacial score (nSPS) is 16.0. The van der Waals surface area contributed by atoms with Crippen LogP contribution in [-0.4, -0.2) is 236 Å². The van der Waals surface area contributed by atoms with E-state index in [4.69, 9.17) is 29.4 Å². The predicted octanol–water partition coefficient (Wildman–Crippen LogP) is 4.33. The maximum absolute atomic E-state index is 14.7. The molecule has 11 atom stereocenters. The highest BCUT2D eigenvalue weighted by Crippen LogP contribution is 2.31. The van der Waals surface area contributed by atoms with Gasteiger partial charge in [0.25, 0.3) is 0 Å². The van der Waals surface area contributed by atoms with Crippen LogP contribution in [0.5, 0.6) is 0 Å². The molecule has 2 heterocycles. The molecule has 0 radical (unpaired) electrons. The largest absolute Gasteiger partial charge is 0.379 e. The van der Waals surface area contributed by atoms with Crippen LogP contribution < -0.4 is 48.3 Å². The van der Waals surface area contributed by atoms with Crippen LogP contribution >= 0.6 is 0 Å². The molecule has 3 aromatic carbocycles. The summed E-state index contributed by atoms with van der Waals surface area (Å²) in [6.07, 6.45) is 3.15. The number of likely N-dealkylation sites (N-methyl/N-ethyl adjacent to an activating group) is 2. The molecule has 1 aromatic heterocycles. The van der Waals surface area contributed by atoms with Crippen LogP contribution in [0.2, 0.25) is 0 Å². The first kappa shape index (κ1) is 88.9. The monoisotopic (exact) mass is 1510 g/mol. The number of primary amides is 1. The number of rotatable bonds is 45. The Hall–Kier alpha value is -8.72. The molecule has 0 aliphatic carbocycles. The molecule has 0 spiro atoms. The van der Waals surface area contributed by atoms with E-state index < -0.39 is 124 Å². The van der Waals surface area contributed by atoms with Crippen molar-refractivity contribution < 1.29 is 80.0 Å². The zero-order chi connectivity index (χ0) is 79.2. The minimum atomic E-state index is -3.62. The minimum Gasteiger partial charge on any atom is -0.379 e. The van der Waals surface area contributed by atoms with E-state index >= 15 is 0 Å². The van der Waals surface area contributed by atoms with E-state index in [0.717, 1.165) is 11.8 Å². The molecule has 4 aromatic rings. The summed E-state index contributed by atoms with van der Waals surface area (Å²) in [6.45, 7) is 16.8. The molecule has 0 bridgehead atoms. The number of nitrogens with one attached hydrogen (secondary N) is 8. The third-order valence-electron chi connectivity index (χ3n) is 19.0. The Labute approximate surface area is 629 Å². The second-order valence-electron chi connectivity index (χ2n) is 28.5. The zero-order valence-electron chi connectivity index (χ0n) is 64.7. The lowest BCUT2D eigenvalue weighted by Gasteiger charge is -2.41. The smallest absolute Gasteiger partial charge is 0.312 e. The molecular formula is C76H115N13O17S. The van der Waals surface area contributed by atoms with Gasteiger partial charge in [0.2, 0.25) is 53.2 Å². The summed E-state index contributed by atoms with van der Waals surface area (Å²) in [5.74, 6) is -5.73. The van der Waals surface area contributed by atoms with E-state index in [1.54, 1.807) is 80.1 Å². The fourth-order valence-electron chi connectivity index (χ4n) is 13.2. The van der Waals surface area contributed by atoms with E-state index in [9.17, 15) is 56.4 Å². The van der Waals surface area contributed by atoms with Crippen molar-refractivity contribution in [1.29, 1.82) is 0 Å². The fourth-order valence-corrected chi connectivity index (χ4v) is 14.0. The predicted molar refractivity (Wildman–Crippen MR) is 406 cm³/mol. The maximum Gasteiger partial charge on any atom is 0.312 e. The number of urea groups is 1. The molecule has 592 valence electrons. The second-order valence-corrected chi connectivity index (χ2v) is 30.4. The molecule has 30 nitrogen and oxygen atoms in total. The van der Waals surface area contributed by atoms with Crippen LogP contribution in [0.25, 0.3) is 10.8 Å². The van der Waals surface area contributed by atoms with Gasteiger partial charge in [-0.25, -0.2) is 18.2 Å². The average molecular weight is 1510 g/mol. The van der Waals surface area contributed by atoms with Crippen LogP contribution in [-0.2, 0) is 89.6 Å². The van der Waals surface area contributed by atoms with Gasteiger partial charge in [-0.3, -0.25) is 48.1 Å². The van der Waals surface area contributed by atoms with Crippen molar-refractivity contribution in [3.63, 3.8) is 0 Å². The highest BCUT2D eigenvalue weighted by atomic mass is 32.2. The maximum atomic E-state index is 14.7. The summed E-state index contributed by atoms with van der Waals surface area (Å²) in [6, 6.07) is 15.9. The van der Waals surface area contributed by atoms with E-state index in [-0.39, 0.29) is 112 Å². The van der Waals surface area contributed by atoms with E-state index in [1.807, 2.05) is 90.9 Å². The number of sulfone groups is 1. The first-order valence-corrected chi connectivity index (χ1v) is 38.5. The Morgan fingerprint density at radius 1 is 0.654 bits per heavy atom. The first-order chi connectivity index (χ1) is 50.7. The van der Waals surface area contributed by atoms with Crippen LogP contribution in [0.15, 0.2) is 90.1 Å². The number of hydrogen-bond donors (Lipinski definition) is 9. The molecule has 1 saturated heterocycles. The van der Waals surface area contributed by atoms with Crippen molar-refractivity contribution in [2.45, 2.75) is 173 Å². The molecule has 1 aliphatic heterocycles. The van der Waals surface area contributed by atoms with Gasteiger partial charge in [0.1, 0.15) is 37.4 Å². The van der Waals surface area contributed by atoms with Crippen molar-refractivity contribution in [2.75, 3.05) is 105 Å². The number of pyridine rings is 1. The number of nitrogens with two attached hydrogens (primary N) is 1. The lowest BCUT2D eigenvalue weighted by atomic mass is 9.89. The molecule has 5 rings (SSSR count). The number of nitrogens with zero attached hydrogens (tertiary/aromatic N) is 4. The molecule has 0 saturated carbocycles. The number of anilines is 2. The molecular weight excluding hydrogens is 1400 g/mol. The van der Waals surface area contributed by atoms with E-state index in [2.05, 4.69) is 47.5 Å². The summed E-state index contributed by atoms with van der Waals surface area (Å²) in [7, 11) is 4.76. The Morgan fingerprint density at radius 2 is 1.28 bits per heavy atom. The minimum absolute atomic E-state index is 0.00203. The topological polar surface area (TPSA) is 396 Å². The molecule has 10 N–H and O–H groups in total. The number of carbonyl (C=O) groups excluding carboxylic acids is 10. The van der Waals surface area contributed by atoms with Crippen molar-refractivity contribution >= 4 is 91.2 Å². The number of benzene rings is 3. The molecule has 1 aliphatic rings. The second kappa shape index (κ2) is 43.9. The number of carbonyl (C=O) groups is 10. The Kier molecular flexibility index (Phi) is 36.5. The van der Waals surface area contributed by atoms with Crippen molar-refractivity contribution in [3.05, 3.63) is 96.2 Å². The summed E-state index contributed by atoms with van der Waals surface area (Å²) < 4.78 is 53.0. The molecule has 0 unspecified atom stereocenters. The summed E-state index contributed by atoms with van der Waals surface area (Å²) >= 11 is 0. The zero-order valence-corrected chi connectivity index (χ0v) is 65.5. The number of amides is 11. The van der Waals surface area contributed by atoms with Crippen molar-refractivity contribution in [2.24, 2.45) is 35.3 Å². The molecule has 1 fully saturated rings. The van der Waals surface area contributed by atoms with Crippen LogP contribution in [0.1, 0.15) is 112 Å². The van der Waals surface area contributed by atoms with Crippen LogP contribution in [0.3, 0.4) is 0 Å². The number of aromatic nitrogens is 1. The van der Waals surface area contributed by atoms with E-state index in [1.165, 1.54) is 26.5 Å². The standard InChI is InChI=1S/C76H115N13O17S/c1-16-49(8)67(88(12)75(98)65(47(4)5)86-73(97)66(48(6)7)87(10)11)60(102-13)42-63(92)89-35-21-25-59(89)68(103-14)50(9)69(93)84-58(40-51-22-18-17-19-23-51)70(94)80-43-52-26-29-54(30-27-52)82-71(95)57(24-20-33-79-76(77)99)83-72(96)64(46(2)3)85-62(91)45-106-39-37-104-36-38-105-44-61(90)81-55-31-28-53-32-34-78-74(56(53)41-55)107(15,100)101/h17-19,22-23,26-32,34,41,46-50,57-60,64-68H,16,20-21,24-25,33,35-40,42-45H2,1-15H3,(H,80,94)(H,81,90)(H,82,95)(H,83,96)(H,84,93)(H,85,91)(H,86,97)(H3,77,79,99)/t49-,50+,57-,58-,59-,60+,64-,65-,66-,67-,68+/m0/s1. The van der Waals surface area contributed by atoms with E-state index in [0.29, 0.717) is 53.5 Å². The fraction of sp³-hybridized carbons (Fsp3) is 0.592. The van der Waals surface area contributed by atoms with Crippen LogP contribution in [0, 0.1) is 29.6 Å². The highest BCUT2D eigenvalue weighted by Gasteiger charge is 2.44. The van der Waals surface area contributed by atoms with Gasteiger partial charge < -0.3 is 81.8 Å². The number of fused-ring (bicyclic) bond motifs is 1. The molecule has 107 heavy (non-hydrogen) atoms. The summed E-state index contributed by atoms with van der Waals surface area (Å²) in [5, 5.41) is 23.3. The number of hydrogen-bond acceptors (Lipinski definition) is 19. The van der Waals surface area contributed by atoms with Gasteiger partial charge in [0.15, 0.2) is 14.9 Å². The third-order valence-corrected chi connectivity index (χ3v) is 20.0. The molecule has 11 amide bonds. The van der Waals surface area contributed by atoms with Gasteiger partial charge in [0, 0.05) is 76.5 Å². The van der Waals surface area contributed by atoms with Crippen molar-refractivity contribution in [3.8, 4) is 0 Å². The highest BCUT2D eigenvalue weighted by molar-refractivity contribution is 7.90. The third kappa shape index (κ3) is 27.8. The number of likely N-dealkylation sites (tertiary alicyclic amines) is 1. The summed E-state index contributed by atoms with van der Waals surface area (Å²) in [5.41, 5.74) is 7.41. The Morgan fingerprint density at radius 3 is 1.87 bits per heavy atom. The van der Waals surface area contributed by atoms with Gasteiger partial charge in [-0.1, -0.05) is 117 Å². The molecule has 31 heteroatoms.